The Hall–Kier alpha value is -3.74. The number of amides is 1. The van der Waals surface area contributed by atoms with Gasteiger partial charge in [0.2, 0.25) is 0 Å². The highest BCUT2D eigenvalue weighted by Gasteiger charge is 2.34. The molecule has 1 N–H and O–H groups in total. The van der Waals surface area contributed by atoms with Crippen molar-refractivity contribution >= 4 is 39.0 Å². The maximum Gasteiger partial charge on any atom is 0.266 e. The van der Waals surface area contributed by atoms with Crippen LogP contribution in [0.15, 0.2) is 47.3 Å². The third-order valence-corrected chi connectivity index (χ3v) is 8.80. The molecule has 0 radical (unpaired) electrons. The van der Waals surface area contributed by atoms with Gasteiger partial charge in [-0.15, -0.1) is 11.3 Å². The van der Waals surface area contributed by atoms with Gasteiger partial charge in [0, 0.05) is 24.6 Å². The number of hydrogen-bond acceptors (Lipinski definition) is 7. The van der Waals surface area contributed by atoms with E-state index in [9.17, 15) is 22.8 Å². The van der Waals surface area contributed by atoms with Crippen LogP contribution in [0.25, 0.3) is 15.9 Å². The Kier molecular flexibility index (Phi) is 8.02. The molecule has 0 spiro atoms. The van der Waals surface area contributed by atoms with Crippen molar-refractivity contribution in [3.8, 4) is 5.69 Å². The van der Waals surface area contributed by atoms with Gasteiger partial charge in [-0.2, -0.15) is 0 Å². The number of carbonyl (C=O) groups excluding carboxylic acids is 1. The van der Waals surface area contributed by atoms with Gasteiger partial charge in [0.05, 0.1) is 24.0 Å². The Morgan fingerprint density at radius 3 is 2.62 bits per heavy atom. The Morgan fingerprint density at radius 2 is 1.88 bits per heavy atom. The number of hydrogen-bond donors (Lipinski definition) is 1. The van der Waals surface area contributed by atoms with Crippen LogP contribution in [0.4, 0.5) is 24.7 Å². The summed E-state index contributed by atoms with van der Waals surface area (Å²) in [6, 6.07) is 8.54. The molecule has 2 atom stereocenters. The molecule has 0 bridgehead atoms. The summed E-state index contributed by atoms with van der Waals surface area (Å²) in [6.45, 7) is 2.97. The van der Waals surface area contributed by atoms with Crippen LogP contribution in [0.5, 0.6) is 0 Å². The van der Waals surface area contributed by atoms with Gasteiger partial charge >= 0.3 is 0 Å². The fourth-order valence-corrected chi connectivity index (χ4v) is 6.69. The van der Waals surface area contributed by atoms with E-state index < -0.39 is 28.7 Å². The molecule has 1 unspecified atom stereocenters. The summed E-state index contributed by atoms with van der Waals surface area (Å²) >= 11 is 0.955. The van der Waals surface area contributed by atoms with Crippen LogP contribution in [0.3, 0.4) is 0 Å². The van der Waals surface area contributed by atoms with Crippen molar-refractivity contribution in [2.75, 3.05) is 25.1 Å². The number of anilines is 2. The van der Waals surface area contributed by atoms with Gasteiger partial charge in [0.15, 0.2) is 6.29 Å². The van der Waals surface area contributed by atoms with Crippen molar-refractivity contribution in [1.29, 1.82) is 0 Å². The smallest absolute Gasteiger partial charge is 0.266 e. The average Bonchev–Trinajstić information content (AvgIpc) is 3.60. The molecule has 2 saturated heterocycles. The van der Waals surface area contributed by atoms with E-state index in [1.165, 1.54) is 37.3 Å². The second-order valence-corrected chi connectivity index (χ2v) is 11.4. The number of ether oxygens (including phenoxy) is 2. The summed E-state index contributed by atoms with van der Waals surface area (Å²) in [7, 11) is 0. The fourth-order valence-electron chi connectivity index (χ4n) is 5.48. The Bertz CT molecular complexity index is 1680. The monoisotopic (exact) mass is 598 g/mol. The minimum atomic E-state index is -0.919. The molecule has 220 valence electrons. The zero-order valence-corrected chi connectivity index (χ0v) is 23.7. The molecule has 2 fully saturated rings. The topological polar surface area (TPSA) is 85.7 Å². The zero-order valence-electron chi connectivity index (χ0n) is 22.9. The molecular weight excluding hydrogens is 569 g/mol. The quantitative estimate of drug-likeness (QED) is 0.278. The summed E-state index contributed by atoms with van der Waals surface area (Å²) < 4.78 is 56.5. The van der Waals surface area contributed by atoms with Crippen molar-refractivity contribution in [2.45, 2.75) is 51.4 Å². The number of para-hydroxylation sites is 1. The first-order chi connectivity index (χ1) is 20.3. The Labute approximate surface area is 243 Å². The van der Waals surface area contributed by atoms with Gasteiger partial charge in [-0.25, -0.2) is 18.2 Å². The highest BCUT2D eigenvalue weighted by atomic mass is 32.1. The number of benzene rings is 1. The van der Waals surface area contributed by atoms with E-state index in [1.54, 1.807) is 4.90 Å². The standard InChI is InChI=1S/C30H29F3N4O4S/c1-17-20(31)11-12-23(34-17)35-26-19-10-13-24(38)37(27-21(32)7-4-8-22(27)33)30(19)42-28(26)29(39)36-14-5-6-18(36)16-41-25-9-2-3-15-40-25/h4,7-8,10-13,18,25H,2-3,5-6,9,14-16H2,1H3,(H,34,35)/t18-,25?/m1/s1. The molecule has 12 heteroatoms. The Balaban J connectivity index is 1.44. The third-order valence-electron chi connectivity index (χ3n) is 7.62. The molecule has 6 rings (SSSR count). The molecule has 2 aliphatic rings. The molecule has 0 aliphatic carbocycles. The summed E-state index contributed by atoms with van der Waals surface area (Å²) in [5.74, 6) is -2.37. The number of aryl methyl sites for hydroxylation is 1. The molecule has 3 aromatic heterocycles. The second-order valence-electron chi connectivity index (χ2n) is 10.4. The number of aromatic nitrogens is 2. The van der Waals surface area contributed by atoms with Crippen LogP contribution in [-0.2, 0) is 9.47 Å². The van der Waals surface area contributed by atoms with Crippen molar-refractivity contribution in [1.82, 2.24) is 14.5 Å². The molecule has 0 saturated carbocycles. The van der Waals surface area contributed by atoms with E-state index >= 15 is 0 Å². The lowest BCUT2D eigenvalue weighted by Gasteiger charge is -2.28. The minimum absolute atomic E-state index is 0.152. The predicted molar refractivity (Wildman–Crippen MR) is 153 cm³/mol. The largest absolute Gasteiger partial charge is 0.353 e. The number of likely N-dealkylation sites (tertiary alicyclic amines) is 1. The number of carbonyl (C=O) groups is 1. The van der Waals surface area contributed by atoms with Crippen molar-refractivity contribution in [3.63, 3.8) is 0 Å². The van der Waals surface area contributed by atoms with E-state index in [1.807, 2.05) is 0 Å². The van der Waals surface area contributed by atoms with Crippen molar-refractivity contribution < 1.29 is 27.4 Å². The van der Waals surface area contributed by atoms with Gasteiger partial charge in [0.1, 0.15) is 38.7 Å². The summed E-state index contributed by atoms with van der Waals surface area (Å²) in [5.41, 5.74) is -0.727. The van der Waals surface area contributed by atoms with Crippen molar-refractivity contribution in [3.05, 3.63) is 80.8 Å². The molecule has 4 aromatic rings. The number of rotatable bonds is 7. The van der Waals surface area contributed by atoms with Crippen LogP contribution >= 0.6 is 11.3 Å². The highest BCUT2D eigenvalue weighted by molar-refractivity contribution is 7.21. The summed E-state index contributed by atoms with van der Waals surface area (Å²) in [5, 5.41) is 3.51. The number of fused-ring (bicyclic) bond motifs is 1. The van der Waals surface area contributed by atoms with Crippen LogP contribution in [0.1, 0.15) is 47.5 Å². The normalized spacial score (nSPS) is 19.0. The van der Waals surface area contributed by atoms with Gasteiger partial charge < -0.3 is 19.7 Å². The van der Waals surface area contributed by atoms with Gasteiger partial charge in [0.25, 0.3) is 11.5 Å². The number of halogens is 3. The summed E-state index contributed by atoms with van der Waals surface area (Å²) in [4.78, 5) is 33.6. The third kappa shape index (κ3) is 5.41. The second kappa shape index (κ2) is 11.9. The van der Waals surface area contributed by atoms with E-state index in [0.29, 0.717) is 30.8 Å². The SMILES string of the molecule is Cc1nc(Nc2c(C(=O)N3CCC[C@@H]3COC3CCCCO3)sc3c2ccc(=O)n3-c2c(F)cccc2F)ccc1F. The van der Waals surface area contributed by atoms with Gasteiger partial charge in [-0.1, -0.05) is 6.07 Å². The molecular formula is C30H29F3N4O4S. The lowest BCUT2D eigenvalue weighted by atomic mass is 10.2. The van der Waals surface area contributed by atoms with Crippen LogP contribution in [0.2, 0.25) is 0 Å². The van der Waals surface area contributed by atoms with Crippen LogP contribution < -0.4 is 10.9 Å². The lowest BCUT2D eigenvalue weighted by molar-refractivity contribution is -0.168. The molecule has 8 nitrogen and oxygen atoms in total. The molecule has 5 heterocycles. The van der Waals surface area contributed by atoms with Gasteiger partial charge in [-0.05, 0) is 69.4 Å². The zero-order chi connectivity index (χ0) is 29.4. The van der Waals surface area contributed by atoms with E-state index in [4.69, 9.17) is 9.47 Å². The van der Waals surface area contributed by atoms with Gasteiger partial charge in [-0.3, -0.25) is 14.2 Å². The first kappa shape index (κ1) is 28.4. The van der Waals surface area contributed by atoms with E-state index in [2.05, 4.69) is 10.3 Å². The van der Waals surface area contributed by atoms with Crippen molar-refractivity contribution in [2.24, 2.45) is 0 Å². The lowest BCUT2D eigenvalue weighted by Crippen LogP contribution is -2.39. The predicted octanol–water partition coefficient (Wildman–Crippen LogP) is 6.06. The molecule has 1 amide bonds. The fraction of sp³-hybridized carbons (Fsp3) is 0.367. The molecule has 2 aliphatic heterocycles. The van der Waals surface area contributed by atoms with E-state index in [0.717, 1.165) is 60.1 Å². The maximum atomic E-state index is 14.9. The van der Waals surface area contributed by atoms with Crippen LogP contribution in [0, 0.1) is 24.4 Å². The average molecular weight is 599 g/mol. The number of thiophene rings is 1. The van der Waals surface area contributed by atoms with Crippen LogP contribution in [-0.4, -0.2) is 52.4 Å². The Morgan fingerprint density at radius 1 is 1.07 bits per heavy atom. The number of nitrogens with one attached hydrogen (secondary N) is 1. The first-order valence-corrected chi connectivity index (χ1v) is 14.7. The minimum Gasteiger partial charge on any atom is -0.353 e. The maximum absolute atomic E-state index is 14.9. The molecule has 1 aromatic carbocycles. The summed E-state index contributed by atoms with van der Waals surface area (Å²) in [6.07, 6.45) is 4.06. The molecule has 42 heavy (non-hydrogen) atoms. The highest BCUT2D eigenvalue weighted by Crippen LogP contribution is 2.40. The number of nitrogens with zero attached hydrogens (tertiary/aromatic N) is 3. The van der Waals surface area contributed by atoms with E-state index in [-0.39, 0.29) is 39.5 Å². The number of pyridine rings is 2. The first-order valence-electron chi connectivity index (χ1n) is 13.9.